The number of halogens is 1. The minimum Gasteiger partial charge on any atom is -0.494 e. The van der Waals surface area contributed by atoms with Crippen molar-refractivity contribution in [2.45, 2.75) is 25.7 Å². The first-order valence-corrected chi connectivity index (χ1v) is 6.83. The maximum absolute atomic E-state index is 13.3. The zero-order chi connectivity index (χ0) is 12.5. The largest absolute Gasteiger partial charge is 0.494 e. The van der Waals surface area contributed by atoms with Gasteiger partial charge in [0.25, 0.3) is 0 Å². The lowest BCUT2D eigenvalue weighted by atomic mass is 9.89. The molecule has 2 aliphatic carbocycles. The van der Waals surface area contributed by atoms with Crippen molar-refractivity contribution >= 4 is 5.69 Å². The normalized spacial score (nSPS) is 29.6. The molecule has 1 aromatic rings. The Morgan fingerprint density at radius 1 is 1.33 bits per heavy atom. The Kier molecular flexibility index (Phi) is 3.14. The van der Waals surface area contributed by atoms with Gasteiger partial charge in [0, 0.05) is 18.3 Å². The third-order valence-electron chi connectivity index (χ3n) is 4.60. The van der Waals surface area contributed by atoms with Gasteiger partial charge in [-0.25, -0.2) is 4.39 Å². The van der Waals surface area contributed by atoms with Crippen LogP contribution in [-0.4, -0.2) is 13.7 Å². The molecule has 3 unspecified atom stereocenters. The molecular weight excluding hydrogens is 229 g/mol. The Morgan fingerprint density at radius 3 is 2.89 bits per heavy atom. The summed E-state index contributed by atoms with van der Waals surface area (Å²) < 4.78 is 18.3. The number of fused-ring (bicyclic) bond motifs is 2. The van der Waals surface area contributed by atoms with E-state index in [-0.39, 0.29) is 5.82 Å². The van der Waals surface area contributed by atoms with Gasteiger partial charge in [0.05, 0.1) is 7.11 Å². The molecular formula is C15H20FNO. The molecule has 1 N–H and O–H groups in total. The molecule has 2 fully saturated rings. The Hall–Kier alpha value is -1.25. The number of hydrogen-bond donors (Lipinski definition) is 1. The van der Waals surface area contributed by atoms with Crippen molar-refractivity contribution in [3.63, 3.8) is 0 Å². The quantitative estimate of drug-likeness (QED) is 0.878. The fourth-order valence-electron chi connectivity index (χ4n) is 3.65. The van der Waals surface area contributed by atoms with Gasteiger partial charge < -0.3 is 10.1 Å². The van der Waals surface area contributed by atoms with Crippen LogP contribution in [0.3, 0.4) is 0 Å². The van der Waals surface area contributed by atoms with Crippen molar-refractivity contribution in [2.24, 2.45) is 17.8 Å². The molecule has 0 amide bonds. The Labute approximate surface area is 108 Å². The number of nitrogens with one attached hydrogen (secondary N) is 1. The molecule has 3 rings (SSSR count). The number of benzene rings is 1. The monoisotopic (exact) mass is 249 g/mol. The summed E-state index contributed by atoms with van der Waals surface area (Å²) in [6.45, 7) is 1.01. The Balaban J connectivity index is 1.60. The Bertz CT molecular complexity index is 435. The van der Waals surface area contributed by atoms with E-state index >= 15 is 0 Å². The summed E-state index contributed by atoms with van der Waals surface area (Å²) in [5.74, 6) is 2.71. The average Bonchev–Trinajstić information content (AvgIpc) is 3.00. The highest BCUT2D eigenvalue weighted by Gasteiger charge is 2.38. The summed E-state index contributed by atoms with van der Waals surface area (Å²) in [6, 6.07) is 4.98. The molecule has 2 nitrogen and oxygen atoms in total. The summed E-state index contributed by atoms with van der Waals surface area (Å²) in [5.41, 5.74) is 0.955. The van der Waals surface area contributed by atoms with Crippen LogP contribution in [-0.2, 0) is 0 Å². The minimum atomic E-state index is -0.303. The van der Waals surface area contributed by atoms with Gasteiger partial charge in [-0.05, 0) is 49.1 Å². The lowest BCUT2D eigenvalue weighted by Gasteiger charge is -2.22. The molecule has 0 saturated heterocycles. The summed E-state index contributed by atoms with van der Waals surface area (Å²) in [5, 5.41) is 3.43. The summed E-state index contributed by atoms with van der Waals surface area (Å²) in [4.78, 5) is 0. The molecule has 2 saturated carbocycles. The third-order valence-corrected chi connectivity index (χ3v) is 4.60. The average molecular weight is 249 g/mol. The molecule has 3 heteroatoms. The molecule has 2 bridgehead atoms. The standard InChI is InChI=1S/C15H20FNO/c1-18-15-8-13(4-5-14(15)16)17-9-12-7-10-2-3-11(12)6-10/h4-5,8,10-12,17H,2-3,6-7,9H2,1H3. The lowest BCUT2D eigenvalue weighted by Crippen LogP contribution is -2.20. The fourth-order valence-corrected chi connectivity index (χ4v) is 3.65. The van der Waals surface area contributed by atoms with E-state index in [0.29, 0.717) is 5.75 Å². The van der Waals surface area contributed by atoms with Crippen molar-refractivity contribution in [1.29, 1.82) is 0 Å². The van der Waals surface area contributed by atoms with Crippen molar-refractivity contribution in [2.75, 3.05) is 19.0 Å². The van der Waals surface area contributed by atoms with Crippen LogP contribution < -0.4 is 10.1 Å². The van der Waals surface area contributed by atoms with Gasteiger partial charge in [0.1, 0.15) is 0 Å². The maximum atomic E-state index is 13.3. The van der Waals surface area contributed by atoms with Crippen LogP contribution in [0.5, 0.6) is 5.75 Å². The van der Waals surface area contributed by atoms with E-state index in [1.54, 1.807) is 12.1 Å². The molecule has 98 valence electrons. The molecule has 0 aliphatic heterocycles. The van der Waals surface area contributed by atoms with Gasteiger partial charge in [-0.1, -0.05) is 6.42 Å². The second-order valence-electron chi connectivity index (χ2n) is 5.67. The molecule has 18 heavy (non-hydrogen) atoms. The number of rotatable bonds is 4. The molecule has 0 heterocycles. The van der Waals surface area contributed by atoms with E-state index in [2.05, 4.69) is 5.32 Å². The van der Waals surface area contributed by atoms with Gasteiger partial charge in [0.15, 0.2) is 11.6 Å². The maximum Gasteiger partial charge on any atom is 0.165 e. The SMILES string of the molecule is COc1cc(NCC2CC3CCC2C3)ccc1F. The molecule has 0 radical (unpaired) electrons. The fraction of sp³-hybridized carbons (Fsp3) is 0.600. The second-order valence-corrected chi connectivity index (χ2v) is 5.67. The van der Waals surface area contributed by atoms with Gasteiger partial charge in [0.2, 0.25) is 0 Å². The molecule has 3 atom stereocenters. The van der Waals surface area contributed by atoms with Crippen LogP contribution >= 0.6 is 0 Å². The first-order chi connectivity index (χ1) is 8.76. The van der Waals surface area contributed by atoms with Crippen molar-refractivity contribution < 1.29 is 9.13 Å². The van der Waals surface area contributed by atoms with E-state index in [4.69, 9.17) is 4.74 Å². The van der Waals surface area contributed by atoms with E-state index in [0.717, 1.165) is 30.0 Å². The van der Waals surface area contributed by atoms with Crippen LogP contribution in [0, 0.1) is 23.6 Å². The molecule has 0 spiro atoms. The summed E-state index contributed by atoms with van der Waals surface area (Å²) >= 11 is 0. The van der Waals surface area contributed by atoms with E-state index in [1.807, 2.05) is 0 Å². The number of hydrogen-bond acceptors (Lipinski definition) is 2. The van der Waals surface area contributed by atoms with Crippen molar-refractivity contribution in [1.82, 2.24) is 0 Å². The van der Waals surface area contributed by atoms with Crippen LogP contribution in [0.15, 0.2) is 18.2 Å². The second kappa shape index (κ2) is 4.79. The third kappa shape index (κ3) is 2.18. The Morgan fingerprint density at radius 2 is 2.22 bits per heavy atom. The highest BCUT2D eigenvalue weighted by Crippen LogP contribution is 2.48. The van der Waals surface area contributed by atoms with E-state index in [1.165, 1.54) is 38.9 Å². The molecule has 2 aliphatic rings. The van der Waals surface area contributed by atoms with Gasteiger partial charge >= 0.3 is 0 Å². The predicted molar refractivity (Wildman–Crippen MR) is 70.4 cm³/mol. The predicted octanol–water partition coefficient (Wildman–Crippen LogP) is 3.68. The van der Waals surface area contributed by atoms with Crippen LogP contribution in [0.1, 0.15) is 25.7 Å². The first kappa shape index (κ1) is 11.8. The summed E-state index contributed by atoms with van der Waals surface area (Å²) in [7, 11) is 1.50. The number of methoxy groups -OCH3 is 1. The number of anilines is 1. The minimum absolute atomic E-state index is 0.303. The highest BCUT2D eigenvalue weighted by molar-refractivity contribution is 5.48. The first-order valence-electron chi connectivity index (χ1n) is 6.83. The van der Waals surface area contributed by atoms with E-state index < -0.39 is 0 Å². The van der Waals surface area contributed by atoms with Crippen molar-refractivity contribution in [3.05, 3.63) is 24.0 Å². The molecule has 1 aromatic carbocycles. The van der Waals surface area contributed by atoms with Gasteiger partial charge in [-0.15, -0.1) is 0 Å². The zero-order valence-electron chi connectivity index (χ0n) is 10.8. The number of ether oxygens (including phenoxy) is 1. The highest BCUT2D eigenvalue weighted by atomic mass is 19.1. The van der Waals surface area contributed by atoms with Gasteiger partial charge in [-0.2, -0.15) is 0 Å². The van der Waals surface area contributed by atoms with Gasteiger partial charge in [-0.3, -0.25) is 0 Å². The van der Waals surface area contributed by atoms with Crippen molar-refractivity contribution in [3.8, 4) is 5.75 Å². The van der Waals surface area contributed by atoms with Crippen LogP contribution in [0.25, 0.3) is 0 Å². The van der Waals surface area contributed by atoms with Crippen LogP contribution in [0.4, 0.5) is 10.1 Å². The smallest absolute Gasteiger partial charge is 0.165 e. The molecule has 0 aromatic heterocycles. The topological polar surface area (TPSA) is 21.3 Å². The summed E-state index contributed by atoms with van der Waals surface area (Å²) in [6.07, 6.45) is 5.64. The van der Waals surface area contributed by atoms with E-state index in [9.17, 15) is 4.39 Å². The van der Waals surface area contributed by atoms with Crippen LogP contribution in [0.2, 0.25) is 0 Å². The zero-order valence-corrected chi connectivity index (χ0v) is 10.8. The lowest BCUT2D eigenvalue weighted by molar-refractivity contribution is 0.348.